The van der Waals surface area contributed by atoms with E-state index in [0.29, 0.717) is 18.8 Å². The van der Waals surface area contributed by atoms with Gasteiger partial charge in [0.2, 0.25) is 0 Å². The minimum Gasteiger partial charge on any atom is -0.337 e. The van der Waals surface area contributed by atoms with Crippen LogP contribution < -0.4 is 0 Å². The number of benzene rings is 1. The van der Waals surface area contributed by atoms with Crippen molar-refractivity contribution in [2.75, 3.05) is 13.1 Å². The summed E-state index contributed by atoms with van der Waals surface area (Å²) in [6.07, 6.45) is 1.58. The number of fused-ring (bicyclic) bond motifs is 1. The number of aromatic nitrogens is 3. The van der Waals surface area contributed by atoms with Crippen molar-refractivity contribution < 1.29 is 4.79 Å². The highest BCUT2D eigenvalue weighted by atomic mass is 16.2. The quantitative estimate of drug-likeness (QED) is 0.785. The van der Waals surface area contributed by atoms with Crippen molar-refractivity contribution in [2.45, 2.75) is 19.8 Å². The Kier molecular flexibility index (Phi) is 4.06. The fourth-order valence-electron chi connectivity index (χ4n) is 3.34. The molecule has 0 radical (unpaired) electrons. The number of aromatic amines is 1. The number of amides is 1. The van der Waals surface area contributed by atoms with Gasteiger partial charge in [0.25, 0.3) is 5.91 Å². The number of hydrogen-bond donors (Lipinski definition) is 1. The Labute approximate surface area is 146 Å². The summed E-state index contributed by atoms with van der Waals surface area (Å²) in [5.74, 6) is 0.00285. The van der Waals surface area contributed by atoms with E-state index in [0.717, 1.165) is 35.5 Å². The SMILES string of the molecule is Cc1cccc(C(=O)N2CCc3[nH]nc(-c4ccccc4)c3CC2)n1. The van der Waals surface area contributed by atoms with Crippen LogP contribution in [0.2, 0.25) is 0 Å². The van der Waals surface area contributed by atoms with Gasteiger partial charge < -0.3 is 4.90 Å². The van der Waals surface area contributed by atoms with E-state index in [1.807, 2.05) is 42.2 Å². The number of rotatable bonds is 2. The van der Waals surface area contributed by atoms with E-state index >= 15 is 0 Å². The van der Waals surface area contributed by atoms with Gasteiger partial charge in [0.15, 0.2) is 0 Å². The van der Waals surface area contributed by atoms with Gasteiger partial charge in [-0.1, -0.05) is 36.4 Å². The predicted molar refractivity (Wildman–Crippen MR) is 96.3 cm³/mol. The zero-order valence-corrected chi connectivity index (χ0v) is 14.2. The average molecular weight is 332 g/mol. The Balaban J connectivity index is 1.57. The molecule has 4 rings (SSSR count). The lowest BCUT2D eigenvalue weighted by molar-refractivity contribution is 0.0756. The summed E-state index contributed by atoms with van der Waals surface area (Å²) in [4.78, 5) is 19.0. The molecular weight excluding hydrogens is 312 g/mol. The highest BCUT2D eigenvalue weighted by Gasteiger charge is 2.24. The van der Waals surface area contributed by atoms with Gasteiger partial charge >= 0.3 is 0 Å². The van der Waals surface area contributed by atoms with Crippen molar-refractivity contribution in [3.63, 3.8) is 0 Å². The summed E-state index contributed by atoms with van der Waals surface area (Å²) in [5, 5.41) is 7.68. The second kappa shape index (κ2) is 6.51. The van der Waals surface area contributed by atoms with Crippen LogP contribution in [-0.4, -0.2) is 39.1 Å². The molecular formula is C20H20N4O. The topological polar surface area (TPSA) is 61.9 Å². The molecule has 3 aromatic rings. The van der Waals surface area contributed by atoms with Crippen molar-refractivity contribution in [1.29, 1.82) is 0 Å². The molecule has 0 aliphatic carbocycles. The summed E-state index contributed by atoms with van der Waals surface area (Å²) in [5.41, 5.74) is 5.84. The van der Waals surface area contributed by atoms with Gasteiger partial charge in [0.1, 0.15) is 5.69 Å². The molecule has 1 amide bonds. The van der Waals surface area contributed by atoms with Gasteiger partial charge in [-0.25, -0.2) is 4.98 Å². The maximum Gasteiger partial charge on any atom is 0.272 e. The molecule has 0 fully saturated rings. The third kappa shape index (κ3) is 3.05. The van der Waals surface area contributed by atoms with Crippen molar-refractivity contribution >= 4 is 5.91 Å². The van der Waals surface area contributed by atoms with E-state index in [-0.39, 0.29) is 5.91 Å². The molecule has 1 aliphatic rings. The summed E-state index contributed by atoms with van der Waals surface area (Å²) < 4.78 is 0. The Hall–Kier alpha value is -2.95. The lowest BCUT2D eigenvalue weighted by atomic mass is 10.0. The molecule has 1 aliphatic heterocycles. The van der Waals surface area contributed by atoms with E-state index in [4.69, 9.17) is 0 Å². The number of H-pyrrole nitrogens is 1. The molecule has 0 bridgehead atoms. The average Bonchev–Trinajstić information content (AvgIpc) is 2.93. The summed E-state index contributed by atoms with van der Waals surface area (Å²) >= 11 is 0. The predicted octanol–water partition coefficient (Wildman–Crippen LogP) is 3.02. The van der Waals surface area contributed by atoms with Crippen LogP contribution >= 0.6 is 0 Å². The van der Waals surface area contributed by atoms with Crippen LogP contribution in [0.3, 0.4) is 0 Å². The fraction of sp³-hybridized carbons (Fsp3) is 0.250. The van der Waals surface area contributed by atoms with Crippen molar-refractivity contribution in [2.24, 2.45) is 0 Å². The van der Waals surface area contributed by atoms with Gasteiger partial charge in [-0.2, -0.15) is 5.10 Å². The lowest BCUT2D eigenvalue weighted by Crippen LogP contribution is -2.34. The first-order valence-electron chi connectivity index (χ1n) is 8.57. The summed E-state index contributed by atoms with van der Waals surface area (Å²) in [7, 11) is 0. The van der Waals surface area contributed by atoms with Gasteiger partial charge in [0.05, 0.1) is 5.69 Å². The number of nitrogens with zero attached hydrogens (tertiary/aromatic N) is 3. The molecule has 0 atom stereocenters. The van der Waals surface area contributed by atoms with Crippen LogP contribution in [-0.2, 0) is 12.8 Å². The summed E-state index contributed by atoms with van der Waals surface area (Å²) in [6.45, 7) is 3.26. The van der Waals surface area contributed by atoms with Crippen molar-refractivity contribution in [1.82, 2.24) is 20.1 Å². The molecule has 1 N–H and O–H groups in total. The number of aryl methyl sites for hydroxylation is 1. The second-order valence-corrected chi connectivity index (χ2v) is 6.35. The Morgan fingerprint density at radius 2 is 1.84 bits per heavy atom. The minimum absolute atomic E-state index is 0.00285. The summed E-state index contributed by atoms with van der Waals surface area (Å²) in [6, 6.07) is 15.8. The first kappa shape index (κ1) is 15.6. The van der Waals surface area contributed by atoms with Crippen LogP contribution in [0, 0.1) is 6.92 Å². The Bertz CT molecular complexity index is 901. The molecule has 126 valence electrons. The Morgan fingerprint density at radius 1 is 1.04 bits per heavy atom. The van der Waals surface area contributed by atoms with E-state index in [1.54, 1.807) is 6.07 Å². The highest BCUT2D eigenvalue weighted by Crippen LogP contribution is 2.26. The number of pyridine rings is 1. The third-order valence-electron chi connectivity index (χ3n) is 4.66. The first-order chi connectivity index (χ1) is 12.2. The van der Waals surface area contributed by atoms with E-state index < -0.39 is 0 Å². The van der Waals surface area contributed by atoms with Crippen molar-refractivity contribution in [3.8, 4) is 11.3 Å². The molecule has 0 saturated carbocycles. The molecule has 0 unspecified atom stereocenters. The van der Waals surface area contributed by atoms with Gasteiger partial charge in [-0.15, -0.1) is 0 Å². The largest absolute Gasteiger partial charge is 0.337 e. The lowest BCUT2D eigenvalue weighted by Gasteiger charge is -2.20. The van der Waals surface area contributed by atoms with Gasteiger partial charge in [-0.3, -0.25) is 9.89 Å². The van der Waals surface area contributed by atoms with E-state index in [9.17, 15) is 4.79 Å². The number of nitrogens with one attached hydrogen (secondary N) is 1. The van der Waals surface area contributed by atoms with Crippen LogP contribution in [0.15, 0.2) is 48.5 Å². The van der Waals surface area contributed by atoms with Gasteiger partial charge in [-0.05, 0) is 25.5 Å². The van der Waals surface area contributed by atoms with Crippen molar-refractivity contribution in [3.05, 3.63) is 71.2 Å². The standard InChI is InChI=1S/C20H20N4O/c1-14-6-5-9-18(21-14)20(25)24-12-10-16-17(11-13-24)22-23-19(16)15-7-3-2-4-8-15/h2-9H,10-13H2,1H3,(H,22,23). The van der Waals surface area contributed by atoms with Gasteiger partial charge in [0, 0.05) is 42.0 Å². The molecule has 5 heteroatoms. The number of hydrogen-bond acceptors (Lipinski definition) is 3. The monoisotopic (exact) mass is 332 g/mol. The zero-order chi connectivity index (χ0) is 17.2. The second-order valence-electron chi connectivity index (χ2n) is 6.35. The molecule has 0 saturated heterocycles. The maximum atomic E-state index is 12.8. The normalized spacial score (nSPS) is 14.0. The minimum atomic E-state index is 0.00285. The van der Waals surface area contributed by atoms with Crippen LogP contribution in [0.5, 0.6) is 0 Å². The molecule has 3 heterocycles. The smallest absolute Gasteiger partial charge is 0.272 e. The molecule has 0 spiro atoms. The Morgan fingerprint density at radius 3 is 2.64 bits per heavy atom. The molecule has 1 aromatic carbocycles. The van der Waals surface area contributed by atoms with Crippen LogP contribution in [0.4, 0.5) is 0 Å². The maximum absolute atomic E-state index is 12.8. The van der Waals surface area contributed by atoms with E-state index in [2.05, 4.69) is 27.3 Å². The number of carbonyl (C=O) groups excluding carboxylic acids is 1. The molecule has 2 aromatic heterocycles. The van der Waals surface area contributed by atoms with Crippen LogP contribution in [0.25, 0.3) is 11.3 Å². The van der Waals surface area contributed by atoms with E-state index in [1.165, 1.54) is 5.56 Å². The first-order valence-corrected chi connectivity index (χ1v) is 8.57. The number of carbonyl (C=O) groups is 1. The highest BCUT2D eigenvalue weighted by molar-refractivity contribution is 5.92. The zero-order valence-electron chi connectivity index (χ0n) is 14.2. The fourth-order valence-corrected chi connectivity index (χ4v) is 3.34. The third-order valence-corrected chi connectivity index (χ3v) is 4.66. The molecule has 25 heavy (non-hydrogen) atoms. The van der Waals surface area contributed by atoms with Crippen LogP contribution in [0.1, 0.15) is 27.4 Å². The molecule has 5 nitrogen and oxygen atoms in total.